The molecule has 0 bridgehead atoms. The van der Waals surface area contributed by atoms with Crippen molar-refractivity contribution in [2.24, 2.45) is 23.6 Å². The van der Waals surface area contributed by atoms with Gasteiger partial charge in [0.2, 0.25) is 0 Å². The number of aryl methyl sites for hydroxylation is 2. The summed E-state index contributed by atoms with van der Waals surface area (Å²) >= 11 is 0. The maximum atomic E-state index is 13.4. The molecule has 2 aromatic rings. The monoisotopic (exact) mass is 670 g/mol. The topological polar surface area (TPSA) is 77.5 Å². The molecule has 0 spiro atoms. The van der Waals surface area contributed by atoms with Crippen LogP contribution in [0.15, 0.2) is 24.3 Å². The van der Waals surface area contributed by atoms with Crippen LogP contribution in [0, 0.1) is 23.6 Å². The van der Waals surface area contributed by atoms with E-state index in [1.807, 2.05) is 0 Å². The molecule has 0 N–H and O–H groups in total. The van der Waals surface area contributed by atoms with Gasteiger partial charge in [0.05, 0.1) is 31.2 Å². The van der Waals surface area contributed by atoms with E-state index < -0.39 is 113 Å². The number of piperidine rings is 2. The molecule has 4 aliphatic rings. The van der Waals surface area contributed by atoms with E-state index in [-0.39, 0.29) is 57.6 Å². The summed E-state index contributed by atoms with van der Waals surface area (Å²) < 4.78 is 199. The summed E-state index contributed by atoms with van der Waals surface area (Å²) in [6.07, 6.45) is -15.8. The Kier molecular flexibility index (Phi) is 5.58. The number of nitrogens with zero attached hydrogens (tertiary/aromatic N) is 2. The van der Waals surface area contributed by atoms with Crippen LogP contribution in [-0.2, 0) is 22.3 Å². The van der Waals surface area contributed by atoms with E-state index in [0.29, 0.717) is 9.80 Å². The van der Waals surface area contributed by atoms with E-state index in [9.17, 15) is 9.59 Å². The lowest BCUT2D eigenvalue weighted by molar-refractivity contribution is -0.130. The first-order chi connectivity index (χ1) is 30.5. The number of ketones is 2. The molecule has 0 saturated carbocycles. The normalized spacial score (nSPS) is 42.8. The van der Waals surface area contributed by atoms with Crippen molar-refractivity contribution in [3.63, 3.8) is 0 Å². The Bertz CT molecular complexity index is 2320. The first-order valence-corrected chi connectivity index (χ1v) is 15.2. The first kappa shape index (κ1) is 17.0. The van der Waals surface area contributed by atoms with Crippen LogP contribution in [0.2, 0.25) is 0 Å². The summed E-state index contributed by atoms with van der Waals surface area (Å²) in [7, 11) is 5.24. The van der Waals surface area contributed by atoms with E-state index in [4.69, 9.17) is 47.7 Å². The fourth-order valence-corrected chi connectivity index (χ4v) is 5.72. The molecule has 0 amide bonds. The smallest absolute Gasteiger partial charge is 0.161 e. The second kappa shape index (κ2) is 15.4. The molecule has 0 aromatic heterocycles. The molecule has 5 unspecified atom stereocenters. The van der Waals surface area contributed by atoms with Crippen LogP contribution < -0.4 is 18.9 Å². The molecule has 0 radical (unpaired) electrons. The zero-order valence-electron chi connectivity index (χ0n) is 48.6. The van der Waals surface area contributed by atoms with E-state index in [0.717, 1.165) is 6.92 Å². The second-order valence-electron chi connectivity index (χ2n) is 11.6. The Balaban J connectivity index is 0.000000258. The molecule has 4 aliphatic heterocycles. The summed E-state index contributed by atoms with van der Waals surface area (Å²) in [6, 6.07) is -0.00233. The lowest BCUT2D eigenvalue weighted by atomic mass is 9.79. The van der Waals surface area contributed by atoms with Crippen LogP contribution in [0.25, 0.3) is 0 Å². The van der Waals surface area contributed by atoms with Crippen molar-refractivity contribution in [1.29, 1.82) is 0 Å². The molecule has 8 nitrogen and oxygen atoms in total. The van der Waals surface area contributed by atoms with Crippen molar-refractivity contribution < 1.29 is 57.3 Å². The Hall–Kier alpha value is -3.10. The third-order valence-electron chi connectivity index (χ3n) is 8.08. The molecule has 2 fully saturated rings. The van der Waals surface area contributed by atoms with Gasteiger partial charge in [-0.3, -0.25) is 19.4 Å². The number of hydrogen-bond acceptors (Lipinski definition) is 8. The van der Waals surface area contributed by atoms with Gasteiger partial charge >= 0.3 is 0 Å². The molecule has 8 heteroatoms. The Morgan fingerprint density at radius 2 is 1.40 bits per heavy atom. The number of methoxy groups -OCH3 is 4. The highest BCUT2D eigenvalue weighted by molar-refractivity contribution is 5.83. The van der Waals surface area contributed by atoms with Crippen molar-refractivity contribution >= 4 is 11.6 Å². The predicted molar refractivity (Wildman–Crippen MR) is 185 cm³/mol. The fraction of sp³-hybridized carbons (Fsp3) is 0.641. The van der Waals surface area contributed by atoms with Gasteiger partial charge in [-0.25, -0.2) is 0 Å². The van der Waals surface area contributed by atoms with Gasteiger partial charge in [0.25, 0.3) is 0 Å². The third-order valence-corrected chi connectivity index (χ3v) is 8.08. The summed E-state index contributed by atoms with van der Waals surface area (Å²) in [5.74, 6) is -9.48. The summed E-state index contributed by atoms with van der Waals surface area (Å²) in [5, 5.41) is 0. The lowest BCUT2D eigenvalue weighted by Crippen LogP contribution is -2.46. The molecule has 6 rings (SSSR count). The van der Waals surface area contributed by atoms with Crippen LogP contribution in [0.1, 0.15) is 123 Å². The van der Waals surface area contributed by atoms with Crippen LogP contribution >= 0.6 is 0 Å². The van der Waals surface area contributed by atoms with Gasteiger partial charge in [-0.05, 0) is 83.9 Å². The molecule has 2 saturated heterocycles. The van der Waals surface area contributed by atoms with Crippen LogP contribution in [-0.4, -0.2) is 75.9 Å². The second-order valence-corrected chi connectivity index (χ2v) is 11.6. The van der Waals surface area contributed by atoms with Gasteiger partial charge in [0, 0.05) is 88.8 Å². The average Bonchev–Trinajstić information content (AvgIpc) is 3.20. The van der Waals surface area contributed by atoms with Crippen molar-refractivity contribution in [2.45, 2.75) is 84.4 Å². The number of Topliss-reactive ketones (excluding diaryl/α,β-unsaturated/α-hetero) is 2. The molecular weight excluding hydrogens is 592 g/mol. The van der Waals surface area contributed by atoms with E-state index in [1.165, 1.54) is 52.7 Å². The Morgan fingerprint density at radius 1 is 0.872 bits per heavy atom. The standard InChI is InChI=1S/C20H29NO3.C19H27NO3/c1-5-13(2)8-15-12-21-7-6-14-9-19(23-3)20(24-4)10-16(14)17(21)11-18(15)22;1-12(2)7-14-11-20-6-5-13-8-18(22-3)19(23-4)9-15(13)16(20)10-17(14)21/h9-10,13,15,17H,5-8,11-12H2,1-4H3;8-9,12,14,16H,5-7,10-11H2,1-4H3/i2D3,5D2,6D2,7D2,8D2,13D,17D;5D2,6D2,10D2,14D,16D. The maximum Gasteiger partial charge on any atom is 0.161 e. The van der Waals surface area contributed by atoms with Gasteiger partial charge < -0.3 is 18.9 Å². The zero-order chi connectivity index (χ0) is 52.6. The molecule has 2 aromatic carbocycles. The number of fused-ring (bicyclic) bond motifs is 6. The number of ether oxygens (including phenoxy) is 4. The molecule has 4 heterocycles. The zero-order valence-corrected chi connectivity index (χ0v) is 27.6. The van der Waals surface area contributed by atoms with Crippen LogP contribution in [0.3, 0.4) is 0 Å². The van der Waals surface area contributed by atoms with Crippen molar-refractivity contribution in [3.05, 3.63) is 46.5 Å². The maximum absolute atomic E-state index is 13.4. The van der Waals surface area contributed by atoms with E-state index in [2.05, 4.69) is 0 Å². The van der Waals surface area contributed by atoms with E-state index >= 15 is 0 Å². The van der Waals surface area contributed by atoms with Crippen molar-refractivity contribution in [2.75, 3.05) is 54.5 Å². The summed E-state index contributed by atoms with van der Waals surface area (Å²) in [5.41, 5.74) is -0.899. The van der Waals surface area contributed by atoms with Gasteiger partial charge in [-0.15, -0.1) is 0 Å². The highest BCUT2D eigenvalue weighted by Crippen LogP contribution is 2.44. The minimum Gasteiger partial charge on any atom is -0.493 e. The highest BCUT2D eigenvalue weighted by atomic mass is 16.5. The summed E-state index contributed by atoms with van der Waals surface area (Å²) in [6.45, 7) is -6.77. The average molecular weight is 670 g/mol. The van der Waals surface area contributed by atoms with E-state index in [1.54, 1.807) is 13.8 Å². The van der Waals surface area contributed by atoms with Crippen LogP contribution in [0.5, 0.6) is 23.0 Å². The van der Waals surface area contributed by atoms with Gasteiger partial charge in [0.15, 0.2) is 23.0 Å². The van der Waals surface area contributed by atoms with Gasteiger partial charge in [0.1, 0.15) is 11.6 Å². The molecule has 0 aliphatic carbocycles. The molecule has 258 valence electrons. The lowest BCUT2D eigenvalue weighted by Gasteiger charge is -2.43. The van der Waals surface area contributed by atoms with Gasteiger partial charge in [-0.2, -0.15) is 0 Å². The van der Waals surface area contributed by atoms with Crippen molar-refractivity contribution in [3.8, 4) is 23.0 Å². The number of carbonyl (C=O) groups excluding carboxylic acids is 2. The number of rotatable bonds is 9. The SMILES string of the molecule is [2H]C1(CC(C)C)CN2C([2H])([2H])C([2H])([2H])c3cc(OC)c(OC)cc3C2([2H])C([2H])([2H])C1=O.[2H]C12CC(=O)C(C([2H])([2H])C([2H])(C([2H])([2H])[2H])C([2H])([2H])C)CN1C([2H])([2H])C([2H])([2H])c1cc(OC)c(OC)cc12. The molecule has 47 heavy (non-hydrogen) atoms. The number of hydrogen-bond donors (Lipinski definition) is 0. The third kappa shape index (κ3) is 7.64. The van der Waals surface area contributed by atoms with Crippen molar-refractivity contribution in [1.82, 2.24) is 9.80 Å². The van der Waals surface area contributed by atoms with Gasteiger partial charge in [-0.1, -0.05) is 34.0 Å². The highest BCUT2D eigenvalue weighted by Gasteiger charge is 2.40. The Labute approximate surface area is 311 Å². The minimum atomic E-state index is -3.53. The van der Waals surface area contributed by atoms with Crippen LogP contribution in [0.4, 0.5) is 0 Å². The molecular formula is C39H56N2O6. The molecule has 5 atom stereocenters. The largest absolute Gasteiger partial charge is 0.493 e. The quantitative estimate of drug-likeness (QED) is 0.287. The summed E-state index contributed by atoms with van der Waals surface area (Å²) in [4.78, 5) is 28.0. The fourth-order valence-electron chi connectivity index (χ4n) is 5.72. The Morgan fingerprint density at radius 3 is 1.91 bits per heavy atom. The first-order valence-electron chi connectivity index (χ1n) is 25.7. The number of benzene rings is 2. The number of carbonyl (C=O) groups is 2. The predicted octanol–water partition coefficient (Wildman–Crippen LogP) is 6.87. The minimum absolute atomic E-state index is 0.0458.